The number of nitrogens with zero attached hydrogens (tertiary/aromatic N) is 1. The molecule has 0 bridgehead atoms. The molecule has 0 heterocycles. The molecule has 0 radical (unpaired) electrons. The summed E-state index contributed by atoms with van der Waals surface area (Å²) in [5.74, 6) is 2.14. The van der Waals surface area contributed by atoms with Gasteiger partial charge in [-0.05, 0) is 23.0 Å². The molecular formula is C24H35Cl2NOV. The third kappa shape index (κ3) is 7.76. The number of benzene rings is 2. The van der Waals surface area contributed by atoms with Crippen molar-refractivity contribution in [2.75, 3.05) is 0 Å². The molecular weight excluding hydrogens is 440 g/mol. The molecule has 0 aromatic heterocycles. The number of rotatable bonds is 5. The molecule has 161 valence electrons. The molecule has 2 rings (SSSR count). The quantitative estimate of drug-likeness (QED) is 0.459. The molecule has 0 saturated carbocycles. The third-order valence-electron chi connectivity index (χ3n) is 4.86. The number of halogens is 2. The Labute approximate surface area is 190 Å². The number of aromatic hydroxyl groups is 1. The molecule has 0 spiro atoms. The first-order valence-corrected chi connectivity index (χ1v) is 14.7. The summed E-state index contributed by atoms with van der Waals surface area (Å²) >= 11 is -2.03. The molecule has 2 aromatic rings. The fraction of sp³-hybridized carbons (Fsp3) is 0.500. The maximum absolute atomic E-state index is 9.93. The van der Waals surface area contributed by atoms with Crippen LogP contribution in [0.4, 0.5) is 5.69 Å². The van der Waals surface area contributed by atoms with E-state index in [4.69, 9.17) is 19.7 Å². The van der Waals surface area contributed by atoms with Crippen molar-refractivity contribution >= 4 is 25.4 Å². The normalized spacial score (nSPS) is 11.1. The predicted octanol–water partition coefficient (Wildman–Crippen LogP) is 9.31. The van der Waals surface area contributed by atoms with Crippen LogP contribution >= 0.6 is 19.7 Å². The SMILES string of the molecule is CC(C)c1cccc(C(C)C)c1O.CC(C)c1cccc(C(C)C)c1[N]=[V]([Cl])[Cl]. The minimum absolute atomic E-state index is 0.388. The van der Waals surface area contributed by atoms with Gasteiger partial charge in [0.15, 0.2) is 0 Å². The minimum atomic E-state index is -2.03. The Morgan fingerprint density at radius 2 is 0.966 bits per heavy atom. The van der Waals surface area contributed by atoms with Gasteiger partial charge in [0.1, 0.15) is 5.75 Å². The molecule has 0 unspecified atom stereocenters. The van der Waals surface area contributed by atoms with Gasteiger partial charge in [0.05, 0.1) is 0 Å². The van der Waals surface area contributed by atoms with Crippen LogP contribution in [0.2, 0.25) is 0 Å². The Morgan fingerprint density at radius 3 is 1.24 bits per heavy atom. The molecule has 0 fully saturated rings. The maximum atomic E-state index is 9.93. The zero-order valence-corrected chi connectivity index (χ0v) is 21.8. The van der Waals surface area contributed by atoms with Gasteiger partial charge in [0, 0.05) is 0 Å². The molecule has 0 amide bonds. The van der Waals surface area contributed by atoms with Crippen LogP contribution < -0.4 is 0 Å². The Bertz CT molecular complexity index is 773. The number of hydrogen-bond acceptors (Lipinski definition) is 2. The van der Waals surface area contributed by atoms with Crippen molar-refractivity contribution in [3.8, 4) is 5.75 Å². The molecule has 0 aliphatic rings. The van der Waals surface area contributed by atoms with Crippen LogP contribution in [0.5, 0.6) is 5.75 Å². The van der Waals surface area contributed by atoms with Crippen LogP contribution in [0.1, 0.15) is 101 Å². The Kier molecular flexibility index (Phi) is 11.0. The predicted molar refractivity (Wildman–Crippen MR) is 125 cm³/mol. The van der Waals surface area contributed by atoms with Crippen molar-refractivity contribution in [2.45, 2.75) is 79.1 Å². The zero-order valence-electron chi connectivity index (χ0n) is 18.9. The first kappa shape index (κ1) is 26.2. The standard InChI is InChI=1S/C12H17N.C12H18O.2ClH.V/c2*1-8(2)10-6-5-7-11(9(3)4)12(10)13;;;/h5-9H,1-4H3;5-9,13H,1-4H3;2*1H;/q;;;;+2/p-2. The molecule has 2 nitrogen and oxygen atoms in total. The topological polar surface area (TPSA) is 32.6 Å². The van der Waals surface area contributed by atoms with Gasteiger partial charge in [0.2, 0.25) is 0 Å². The third-order valence-corrected chi connectivity index (χ3v) is 6.03. The van der Waals surface area contributed by atoms with Crippen LogP contribution in [-0.4, -0.2) is 5.11 Å². The Hall–Kier alpha value is -0.796. The van der Waals surface area contributed by atoms with E-state index in [0.29, 0.717) is 29.4 Å². The van der Waals surface area contributed by atoms with E-state index in [-0.39, 0.29) is 0 Å². The van der Waals surface area contributed by atoms with Crippen LogP contribution in [-0.2, 0) is 13.1 Å². The summed E-state index contributed by atoms with van der Waals surface area (Å²) in [5.41, 5.74) is 5.61. The fourth-order valence-corrected chi connectivity index (χ4v) is 4.43. The summed E-state index contributed by atoms with van der Waals surface area (Å²) in [6.45, 7) is 17.0. The van der Waals surface area contributed by atoms with Gasteiger partial charge < -0.3 is 5.11 Å². The van der Waals surface area contributed by atoms with Gasteiger partial charge in [-0.2, -0.15) is 0 Å². The summed E-state index contributed by atoms with van der Waals surface area (Å²) in [4.78, 5) is 0. The second kappa shape index (κ2) is 12.2. The molecule has 0 aliphatic heterocycles. The van der Waals surface area contributed by atoms with E-state index in [1.54, 1.807) is 0 Å². The number of phenolic OH excluding ortho intramolecular Hbond substituents is 1. The average Bonchev–Trinajstić information content (AvgIpc) is 2.61. The summed E-state index contributed by atoms with van der Waals surface area (Å²) in [6, 6.07) is 12.3. The monoisotopic (exact) mass is 474 g/mol. The van der Waals surface area contributed by atoms with Crippen molar-refractivity contribution in [3.63, 3.8) is 0 Å². The number of para-hydroxylation sites is 1. The summed E-state index contributed by atoms with van der Waals surface area (Å²) in [5, 5.41) is 9.93. The Morgan fingerprint density at radius 1 is 0.655 bits per heavy atom. The van der Waals surface area contributed by atoms with E-state index >= 15 is 0 Å². The van der Waals surface area contributed by atoms with Gasteiger partial charge >= 0.3 is 111 Å². The molecule has 0 saturated heterocycles. The van der Waals surface area contributed by atoms with Crippen molar-refractivity contribution < 1.29 is 18.2 Å². The molecule has 29 heavy (non-hydrogen) atoms. The van der Waals surface area contributed by atoms with Crippen molar-refractivity contribution in [3.05, 3.63) is 58.7 Å². The number of hydrogen-bond donors (Lipinski definition) is 1. The van der Waals surface area contributed by atoms with E-state index in [1.807, 2.05) is 18.2 Å². The van der Waals surface area contributed by atoms with Gasteiger partial charge in [-0.15, -0.1) is 0 Å². The van der Waals surface area contributed by atoms with E-state index in [9.17, 15) is 5.11 Å². The van der Waals surface area contributed by atoms with Crippen LogP contribution in [0.3, 0.4) is 0 Å². The molecule has 2 aromatic carbocycles. The van der Waals surface area contributed by atoms with Gasteiger partial charge in [0.25, 0.3) is 0 Å². The van der Waals surface area contributed by atoms with E-state index in [0.717, 1.165) is 16.8 Å². The van der Waals surface area contributed by atoms with E-state index < -0.39 is 13.1 Å². The zero-order chi connectivity index (χ0) is 22.3. The number of phenols is 1. The van der Waals surface area contributed by atoms with Crippen molar-refractivity contribution in [1.82, 2.24) is 0 Å². The second-order valence-corrected chi connectivity index (χ2v) is 12.8. The van der Waals surface area contributed by atoms with E-state index in [2.05, 4.69) is 77.4 Å². The van der Waals surface area contributed by atoms with Crippen molar-refractivity contribution in [1.29, 1.82) is 0 Å². The first-order chi connectivity index (χ1) is 13.5. The summed E-state index contributed by atoms with van der Waals surface area (Å²) in [6.07, 6.45) is 0. The molecule has 5 heteroatoms. The molecule has 0 atom stereocenters. The fourth-order valence-electron chi connectivity index (χ4n) is 3.21. The van der Waals surface area contributed by atoms with Crippen LogP contribution in [0, 0.1) is 0 Å². The van der Waals surface area contributed by atoms with Gasteiger partial charge in [-0.1, -0.05) is 45.9 Å². The van der Waals surface area contributed by atoms with Gasteiger partial charge in [-0.3, -0.25) is 0 Å². The van der Waals surface area contributed by atoms with Crippen LogP contribution in [0.25, 0.3) is 0 Å². The summed E-state index contributed by atoms with van der Waals surface area (Å²) < 4.78 is 4.48. The molecule has 0 aliphatic carbocycles. The van der Waals surface area contributed by atoms with Crippen molar-refractivity contribution in [2.24, 2.45) is 3.79 Å². The average molecular weight is 475 g/mol. The Balaban J connectivity index is 0.000000296. The van der Waals surface area contributed by atoms with Gasteiger partial charge in [-0.25, -0.2) is 0 Å². The first-order valence-electron chi connectivity index (χ1n) is 10.2. The van der Waals surface area contributed by atoms with Crippen LogP contribution in [0.15, 0.2) is 40.2 Å². The second-order valence-electron chi connectivity index (χ2n) is 8.50. The summed E-state index contributed by atoms with van der Waals surface area (Å²) in [7, 11) is 11.8. The van der Waals surface area contributed by atoms with E-state index in [1.165, 1.54) is 11.1 Å². The molecule has 1 N–H and O–H groups in total.